The van der Waals surface area contributed by atoms with Crippen LogP contribution in [0.15, 0.2) is 61.7 Å². The SMILES string of the molecule is c1cn(Cc2ccc(Cn3ccnc3)cc2)cn1. The molecular formula is C14H14N4. The normalized spacial score (nSPS) is 10.7. The molecule has 2 aromatic heterocycles. The summed E-state index contributed by atoms with van der Waals surface area (Å²) >= 11 is 0. The highest BCUT2D eigenvalue weighted by atomic mass is 15.0. The van der Waals surface area contributed by atoms with Crippen LogP contribution in [0.3, 0.4) is 0 Å². The second-order valence-electron chi connectivity index (χ2n) is 4.29. The van der Waals surface area contributed by atoms with E-state index in [0.717, 1.165) is 13.1 Å². The van der Waals surface area contributed by atoms with Gasteiger partial charge in [-0.1, -0.05) is 24.3 Å². The van der Waals surface area contributed by atoms with E-state index in [-0.39, 0.29) is 0 Å². The Hall–Kier alpha value is -2.36. The average molecular weight is 238 g/mol. The van der Waals surface area contributed by atoms with Crippen molar-refractivity contribution in [3.63, 3.8) is 0 Å². The lowest BCUT2D eigenvalue weighted by molar-refractivity contribution is 0.785. The first-order valence-electron chi connectivity index (χ1n) is 5.89. The molecule has 90 valence electrons. The Kier molecular flexibility index (Phi) is 2.92. The molecule has 18 heavy (non-hydrogen) atoms. The van der Waals surface area contributed by atoms with Gasteiger partial charge in [-0.05, 0) is 11.1 Å². The summed E-state index contributed by atoms with van der Waals surface area (Å²) in [5, 5.41) is 0. The van der Waals surface area contributed by atoms with Crippen molar-refractivity contribution < 1.29 is 0 Å². The van der Waals surface area contributed by atoms with E-state index < -0.39 is 0 Å². The van der Waals surface area contributed by atoms with E-state index in [0.29, 0.717) is 0 Å². The molecule has 0 unspecified atom stereocenters. The molecule has 0 aliphatic carbocycles. The predicted octanol–water partition coefficient (Wildman–Crippen LogP) is 2.18. The third-order valence-corrected chi connectivity index (χ3v) is 2.87. The van der Waals surface area contributed by atoms with Crippen molar-refractivity contribution in [1.29, 1.82) is 0 Å². The Labute approximate surface area is 106 Å². The Balaban J connectivity index is 1.69. The Bertz CT molecular complexity index is 524. The number of hydrogen-bond acceptors (Lipinski definition) is 2. The molecule has 0 amide bonds. The molecular weight excluding hydrogens is 224 g/mol. The van der Waals surface area contributed by atoms with Crippen molar-refractivity contribution in [2.45, 2.75) is 13.1 Å². The summed E-state index contributed by atoms with van der Waals surface area (Å²) in [7, 11) is 0. The standard InChI is InChI=1S/C14H14N4/c1-2-14(10-18-8-6-16-12-18)4-3-13(1)9-17-7-5-15-11-17/h1-8,11-12H,9-10H2. The molecule has 1 aromatic carbocycles. The van der Waals surface area contributed by atoms with Gasteiger partial charge in [-0.25, -0.2) is 9.97 Å². The fraction of sp³-hybridized carbons (Fsp3) is 0.143. The zero-order valence-electron chi connectivity index (χ0n) is 9.98. The summed E-state index contributed by atoms with van der Waals surface area (Å²) in [6.45, 7) is 1.73. The zero-order chi connectivity index (χ0) is 12.2. The summed E-state index contributed by atoms with van der Waals surface area (Å²) in [4.78, 5) is 8.08. The highest BCUT2D eigenvalue weighted by Gasteiger charge is 1.97. The lowest BCUT2D eigenvalue weighted by Crippen LogP contribution is -1.99. The van der Waals surface area contributed by atoms with E-state index in [1.165, 1.54) is 11.1 Å². The van der Waals surface area contributed by atoms with E-state index >= 15 is 0 Å². The van der Waals surface area contributed by atoms with Gasteiger partial charge in [0.25, 0.3) is 0 Å². The van der Waals surface area contributed by atoms with Gasteiger partial charge in [0.05, 0.1) is 12.7 Å². The van der Waals surface area contributed by atoms with Gasteiger partial charge in [0.15, 0.2) is 0 Å². The van der Waals surface area contributed by atoms with E-state index in [1.54, 1.807) is 12.4 Å². The number of imidazole rings is 2. The van der Waals surface area contributed by atoms with Crippen molar-refractivity contribution >= 4 is 0 Å². The summed E-state index contributed by atoms with van der Waals surface area (Å²) in [5.74, 6) is 0. The quantitative estimate of drug-likeness (QED) is 0.698. The van der Waals surface area contributed by atoms with Crippen LogP contribution in [0, 0.1) is 0 Å². The summed E-state index contributed by atoms with van der Waals surface area (Å²) in [6.07, 6.45) is 11.2. The van der Waals surface area contributed by atoms with Crippen LogP contribution in [-0.4, -0.2) is 19.1 Å². The largest absolute Gasteiger partial charge is 0.333 e. The minimum absolute atomic E-state index is 0.866. The molecule has 0 atom stereocenters. The first-order chi connectivity index (χ1) is 8.90. The van der Waals surface area contributed by atoms with E-state index in [4.69, 9.17) is 0 Å². The van der Waals surface area contributed by atoms with Gasteiger partial charge >= 0.3 is 0 Å². The van der Waals surface area contributed by atoms with Crippen molar-refractivity contribution in [2.24, 2.45) is 0 Å². The van der Waals surface area contributed by atoms with Crippen molar-refractivity contribution in [3.8, 4) is 0 Å². The number of hydrogen-bond donors (Lipinski definition) is 0. The molecule has 4 heteroatoms. The van der Waals surface area contributed by atoms with Crippen LogP contribution in [-0.2, 0) is 13.1 Å². The second-order valence-corrected chi connectivity index (χ2v) is 4.29. The highest BCUT2D eigenvalue weighted by Crippen LogP contribution is 2.08. The Morgan fingerprint density at radius 1 is 0.722 bits per heavy atom. The van der Waals surface area contributed by atoms with E-state index in [1.807, 2.05) is 25.0 Å². The molecule has 0 bridgehead atoms. The second kappa shape index (κ2) is 4.87. The van der Waals surface area contributed by atoms with E-state index in [9.17, 15) is 0 Å². The molecule has 0 saturated heterocycles. The third kappa shape index (κ3) is 2.48. The van der Waals surface area contributed by atoms with Crippen LogP contribution in [0.4, 0.5) is 0 Å². The highest BCUT2D eigenvalue weighted by molar-refractivity contribution is 5.23. The maximum absolute atomic E-state index is 4.04. The predicted molar refractivity (Wildman–Crippen MR) is 69.1 cm³/mol. The molecule has 0 N–H and O–H groups in total. The molecule has 2 heterocycles. The maximum Gasteiger partial charge on any atom is 0.0949 e. The van der Waals surface area contributed by atoms with Crippen molar-refractivity contribution in [3.05, 3.63) is 72.8 Å². The van der Waals surface area contributed by atoms with E-state index in [2.05, 4.69) is 43.4 Å². The first-order valence-corrected chi connectivity index (χ1v) is 5.89. The fourth-order valence-electron chi connectivity index (χ4n) is 1.93. The molecule has 0 saturated carbocycles. The lowest BCUT2D eigenvalue weighted by atomic mass is 10.1. The van der Waals surface area contributed by atoms with Crippen LogP contribution in [0.1, 0.15) is 11.1 Å². The molecule has 4 nitrogen and oxygen atoms in total. The van der Waals surface area contributed by atoms with Crippen molar-refractivity contribution in [1.82, 2.24) is 19.1 Å². The molecule has 0 radical (unpaired) electrons. The van der Waals surface area contributed by atoms with Crippen LogP contribution >= 0.6 is 0 Å². The Morgan fingerprint density at radius 3 is 1.50 bits per heavy atom. The van der Waals surface area contributed by atoms with Crippen LogP contribution < -0.4 is 0 Å². The van der Waals surface area contributed by atoms with Gasteiger partial charge in [-0.2, -0.15) is 0 Å². The summed E-state index contributed by atoms with van der Waals surface area (Å²) in [6, 6.07) is 8.64. The van der Waals surface area contributed by atoms with Crippen LogP contribution in [0.5, 0.6) is 0 Å². The van der Waals surface area contributed by atoms with Gasteiger partial charge in [-0.15, -0.1) is 0 Å². The number of nitrogens with zero attached hydrogens (tertiary/aromatic N) is 4. The summed E-state index contributed by atoms with van der Waals surface area (Å²) in [5.41, 5.74) is 2.56. The molecule has 0 aliphatic heterocycles. The molecule has 0 aliphatic rings. The van der Waals surface area contributed by atoms with Crippen LogP contribution in [0.25, 0.3) is 0 Å². The molecule has 0 spiro atoms. The fourth-order valence-corrected chi connectivity index (χ4v) is 1.93. The van der Waals surface area contributed by atoms with Gasteiger partial charge in [0.1, 0.15) is 0 Å². The number of aromatic nitrogens is 4. The smallest absolute Gasteiger partial charge is 0.0949 e. The minimum atomic E-state index is 0.866. The monoisotopic (exact) mass is 238 g/mol. The molecule has 3 rings (SSSR count). The Morgan fingerprint density at radius 2 is 1.17 bits per heavy atom. The lowest BCUT2D eigenvalue weighted by Gasteiger charge is -2.05. The topological polar surface area (TPSA) is 35.6 Å². The molecule has 0 fully saturated rings. The minimum Gasteiger partial charge on any atom is -0.333 e. The van der Waals surface area contributed by atoms with Crippen LogP contribution in [0.2, 0.25) is 0 Å². The van der Waals surface area contributed by atoms with Gasteiger partial charge in [-0.3, -0.25) is 0 Å². The van der Waals surface area contributed by atoms with Gasteiger partial charge in [0, 0.05) is 37.9 Å². The maximum atomic E-state index is 4.04. The van der Waals surface area contributed by atoms with Gasteiger partial charge in [0.2, 0.25) is 0 Å². The zero-order valence-corrected chi connectivity index (χ0v) is 9.98. The number of benzene rings is 1. The number of rotatable bonds is 4. The average Bonchev–Trinajstić information content (AvgIpc) is 3.05. The molecule has 3 aromatic rings. The van der Waals surface area contributed by atoms with Crippen molar-refractivity contribution in [2.75, 3.05) is 0 Å². The summed E-state index contributed by atoms with van der Waals surface area (Å²) < 4.78 is 4.12. The first kappa shape index (κ1) is 10.8. The third-order valence-electron chi connectivity index (χ3n) is 2.87. The van der Waals surface area contributed by atoms with Gasteiger partial charge < -0.3 is 9.13 Å².